The first-order valence-corrected chi connectivity index (χ1v) is 7.31. The monoisotopic (exact) mass is 348 g/mol. The summed E-state index contributed by atoms with van der Waals surface area (Å²) in [5, 5.41) is 10.2. The SMILES string of the molecule is Cc1nc2c(c(=O)[nH]1)[C@H](c1ccc(Cl)cc1Cl)C(C#N)=C(N)O2. The lowest BCUT2D eigenvalue weighted by Gasteiger charge is -2.25. The van der Waals surface area contributed by atoms with Crippen molar-refractivity contribution >= 4 is 23.2 Å². The van der Waals surface area contributed by atoms with E-state index in [9.17, 15) is 10.1 Å². The Morgan fingerprint density at radius 3 is 2.83 bits per heavy atom. The van der Waals surface area contributed by atoms with E-state index in [0.717, 1.165) is 0 Å². The molecule has 116 valence electrons. The van der Waals surface area contributed by atoms with Gasteiger partial charge in [-0.2, -0.15) is 10.2 Å². The molecule has 6 nitrogen and oxygen atoms in total. The summed E-state index contributed by atoms with van der Waals surface area (Å²) < 4.78 is 5.35. The predicted octanol–water partition coefficient (Wildman–Crippen LogP) is 2.60. The summed E-state index contributed by atoms with van der Waals surface area (Å²) in [5.41, 5.74) is 6.22. The number of nitriles is 1. The van der Waals surface area contributed by atoms with Crippen LogP contribution in [0.25, 0.3) is 0 Å². The Labute approximate surface area is 141 Å². The van der Waals surface area contributed by atoms with Crippen LogP contribution in [0.15, 0.2) is 34.4 Å². The first-order chi connectivity index (χ1) is 10.9. The quantitative estimate of drug-likeness (QED) is 0.823. The van der Waals surface area contributed by atoms with Gasteiger partial charge >= 0.3 is 0 Å². The third-order valence-electron chi connectivity index (χ3n) is 3.48. The van der Waals surface area contributed by atoms with Gasteiger partial charge in [0.2, 0.25) is 11.8 Å². The van der Waals surface area contributed by atoms with E-state index in [-0.39, 0.29) is 22.9 Å². The summed E-state index contributed by atoms with van der Waals surface area (Å²) in [6, 6.07) is 6.79. The molecule has 0 saturated heterocycles. The highest BCUT2D eigenvalue weighted by Crippen LogP contribution is 2.41. The molecular formula is C15H10Cl2N4O2. The van der Waals surface area contributed by atoms with Gasteiger partial charge in [0.05, 0.1) is 11.5 Å². The Balaban J connectivity index is 2.34. The van der Waals surface area contributed by atoms with Crippen LogP contribution in [0.2, 0.25) is 10.0 Å². The number of benzene rings is 1. The molecule has 0 saturated carbocycles. The largest absolute Gasteiger partial charge is 0.422 e. The van der Waals surface area contributed by atoms with Gasteiger partial charge in [-0.05, 0) is 24.6 Å². The van der Waals surface area contributed by atoms with Crippen LogP contribution in [-0.4, -0.2) is 9.97 Å². The summed E-state index contributed by atoms with van der Waals surface area (Å²) in [7, 11) is 0. The molecule has 1 aliphatic heterocycles. The fraction of sp³-hybridized carbons (Fsp3) is 0.133. The maximum Gasteiger partial charge on any atom is 0.258 e. The Morgan fingerprint density at radius 2 is 2.17 bits per heavy atom. The number of nitrogens with zero attached hydrogens (tertiary/aromatic N) is 2. The van der Waals surface area contributed by atoms with Crippen molar-refractivity contribution in [1.82, 2.24) is 9.97 Å². The lowest BCUT2D eigenvalue weighted by atomic mass is 9.85. The molecule has 0 amide bonds. The summed E-state index contributed by atoms with van der Waals surface area (Å²) >= 11 is 12.2. The molecule has 23 heavy (non-hydrogen) atoms. The zero-order valence-corrected chi connectivity index (χ0v) is 13.4. The lowest BCUT2D eigenvalue weighted by molar-refractivity contribution is 0.373. The van der Waals surface area contributed by atoms with Gasteiger partial charge in [0.25, 0.3) is 5.56 Å². The Bertz CT molecular complexity index is 943. The van der Waals surface area contributed by atoms with E-state index in [4.69, 9.17) is 33.7 Å². The topological polar surface area (TPSA) is 105 Å². The lowest BCUT2D eigenvalue weighted by Crippen LogP contribution is -2.29. The van der Waals surface area contributed by atoms with Crippen LogP contribution in [-0.2, 0) is 0 Å². The first kappa shape index (κ1) is 15.4. The van der Waals surface area contributed by atoms with Crippen LogP contribution in [0.5, 0.6) is 5.88 Å². The second-order valence-corrected chi connectivity index (χ2v) is 5.80. The molecule has 8 heteroatoms. The van der Waals surface area contributed by atoms with E-state index in [1.165, 1.54) is 6.07 Å². The predicted molar refractivity (Wildman–Crippen MR) is 85.4 cm³/mol. The number of aromatic amines is 1. The van der Waals surface area contributed by atoms with Gasteiger partial charge < -0.3 is 15.5 Å². The van der Waals surface area contributed by atoms with Crippen molar-refractivity contribution in [2.75, 3.05) is 0 Å². The zero-order valence-electron chi connectivity index (χ0n) is 11.9. The maximum absolute atomic E-state index is 12.4. The molecule has 3 N–H and O–H groups in total. The minimum absolute atomic E-state index is 0.0683. The number of hydrogen-bond acceptors (Lipinski definition) is 5. The van der Waals surface area contributed by atoms with Crippen LogP contribution in [0.1, 0.15) is 22.9 Å². The van der Waals surface area contributed by atoms with Gasteiger partial charge in [0.1, 0.15) is 17.5 Å². The van der Waals surface area contributed by atoms with E-state index in [0.29, 0.717) is 21.4 Å². The number of aryl methyl sites for hydroxylation is 1. The highest BCUT2D eigenvalue weighted by atomic mass is 35.5. The number of nitrogens with one attached hydrogen (secondary N) is 1. The normalized spacial score (nSPS) is 16.5. The van der Waals surface area contributed by atoms with Crippen LogP contribution < -0.4 is 16.0 Å². The summed E-state index contributed by atoms with van der Waals surface area (Å²) in [4.78, 5) is 19.1. The van der Waals surface area contributed by atoms with Gasteiger partial charge in [-0.25, -0.2) is 0 Å². The van der Waals surface area contributed by atoms with E-state index in [1.54, 1.807) is 19.1 Å². The van der Waals surface area contributed by atoms with Gasteiger partial charge in [-0.15, -0.1) is 0 Å². The second kappa shape index (κ2) is 5.61. The number of ether oxygens (including phenoxy) is 1. The molecule has 1 atom stereocenters. The fourth-order valence-electron chi connectivity index (χ4n) is 2.51. The molecule has 1 aliphatic rings. The van der Waals surface area contributed by atoms with Crippen molar-refractivity contribution in [3.05, 3.63) is 67.0 Å². The van der Waals surface area contributed by atoms with E-state index in [2.05, 4.69) is 9.97 Å². The van der Waals surface area contributed by atoms with Gasteiger partial charge in [0, 0.05) is 10.0 Å². The molecular weight excluding hydrogens is 339 g/mol. The molecule has 3 rings (SSSR count). The minimum Gasteiger partial charge on any atom is -0.422 e. The van der Waals surface area contributed by atoms with Crippen molar-refractivity contribution in [3.63, 3.8) is 0 Å². The zero-order chi connectivity index (χ0) is 16.7. The second-order valence-electron chi connectivity index (χ2n) is 4.96. The molecule has 0 spiro atoms. The summed E-state index contributed by atoms with van der Waals surface area (Å²) in [6.07, 6.45) is 0. The molecule has 2 aromatic rings. The number of rotatable bonds is 1. The molecule has 2 heterocycles. The average Bonchev–Trinajstić information content (AvgIpc) is 2.45. The smallest absolute Gasteiger partial charge is 0.258 e. The van der Waals surface area contributed by atoms with E-state index >= 15 is 0 Å². The van der Waals surface area contributed by atoms with Crippen molar-refractivity contribution in [3.8, 4) is 11.9 Å². The third kappa shape index (κ3) is 2.54. The molecule has 0 radical (unpaired) electrons. The molecule has 0 aliphatic carbocycles. The van der Waals surface area contributed by atoms with E-state index < -0.39 is 11.5 Å². The fourth-order valence-corrected chi connectivity index (χ4v) is 3.03. The van der Waals surface area contributed by atoms with Crippen LogP contribution in [0.4, 0.5) is 0 Å². The number of halogens is 2. The summed E-state index contributed by atoms with van der Waals surface area (Å²) in [5.74, 6) is -0.430. The van der Waals surface area contributed by atoms with Gasteiger partial charge in [0.15, 0.2) is 0 Å². The van der Waals surface area contributed by atoms with Crippen molar-refractivity contribution in [1.29, 1.82) is 5.26 Å². The standard InChI is InChI=1S/C15H10Cl2N4O2/c1-6-20-14(22)12-11(8-3-2-7(16)4-10(8)17)9(5-18)13(19)23-15(12)21-6/h2-4,11H,19H2,1H3,(H,20,21,22)/t11-/m1/s1. The highest BCUT2D eigenvalue weighted by molar-refractivity contribution is 6.35. The van der Waals surface area contributed by atoms with Crippen molar-refractivity contribution < 1.29 is 4.74 Å². The molecule has 0 fully saturated rings. The highest BCUT2D eigenvalue weighted by Gasteiger charge is 2.35. The summed E-state index contributed by atoms with van der Waals surface area (Å²) in [6.45, 7) is 1.62. The Kier molecular flexibility index (Phi) is 3.76. The van der Waals surface area contributed by atoms with Gasteiger partial charge in [-0.3, -0.25) is 4.79 Å². The molecule has 0 unspecified atom stereocenters. The van der Waals surface area contributed by atoms with Gasteiger partial charge in [-0.1, -0.05) is 29.3 Å². The van der Waals surface area contributed by atoms with Crippen LogP contribution >= 0.6 is 23.2 Å². The molecule has 1 aromatic heterocycles. The molecule has 0 bridgehead atoms. The first-order valence-electron chi connectivity index (χ1n) is 6.55. The average molecular weight is 349 g/mol. The van der Waals surface area contributed by atoms with Crippen molar-refractivity contribution in [2.45, 2.75) is 12.8 Å². The Morgan fingerprint density at radius 1 is 1.43 bits per heavy atom. The Hall–Kier alpha value is -2.49. The van der Waals surface area contributed by atoms with Crippen molar-refractivity contribution in [2.24, 2.45) is 5.73 Å². The number of allylic oxidation sites excluding steroid dienone is 1. The van der Waals surface area contributed by atoms with E-state index in [1.807, 2.05) is 6.07 Å². The number of hydrogen-bond donors (Lipinski definition) is 2. The van der Waals surface area contributed by atoms with Crippen LogP contribution in [0, 0.1) is 18.3 Å². The number of fused-ring (bicyclic) bond motifs is 1. The third-order valence-corrected chi connectivity index (χ3v) is 4.04. The molecule has 1 aromatic carbocycles. The number of nitrogens with two attached hydrogens (primary N) is 1. The minimum atomic E-state index is -0.773. The number of aromatic nitrogens is 2. The number of H-pyrrole nitrogens is 1. The maximum atomic E-state index is 12.4. The van der Waals surface area contributed by atoms with Crippen LogP contribution in [0.3, 0.4) is 0 Å².